The van der Waals surface area contributed by atoms with Gasteiger partial charge in [-0.3, -0.25) is 0 Å². The van der Waals surface area contributed by atoms with Gasteiger partial charge in [0.05, 0.1) is 24.2 Å². The fraction of sp³-hybridized carbons (Fsp3) is 0.250. The first-order chi connectivity index (χ1) is 7.67. The molecule has 1 heterocycles. The molecule has 0 aliphatic heterocycles. The Hall–Kier alpha value is -1.55. The molecule has 16 heavy (non-hydrogen) atoms. The second-order valence-electron chi connectivity index (χ2n) is 3.66. The van der Waals surface area contributed by atoms with Gasteiger partial charge in [0, 0.05) is 6.07 Å². The zero-order valence-electron chi connectivity index (χ0n) is 9.36. The molecule has 1 aromatic heterocycles. The Balaban J connectivity index is 2.75. The fourth-order valence-corrected chi connectivity index (χ4v) is 2.11. The maximum atomic E-state index is 5.29. The molecular formula is C12H14N2OS. The number of aromatic amines is 1. The van der Waals surface area contributed by atoms with E-state index in [0.29, 0.717) is 4.77 Å². The van der Waals surface area contributed by atoms with Crippen molar-refractivity contribution in [2.24, 2.45) is 0 Å². The third kappa shape index (κ3) is 1.65. The Bertz CT molecular complexity index is 582. The number of aromatic nitrogens is 2. The molecule has 0 saturated carbocycles. The summed E-state index contributed by atoms with van der Waals surface area (Å²) in [5.41, 5.74) is 2.05. The molecule has 0 amide bonds. The van der Waals surface area contributed by atoms with Crippen LogP contribution in [0.15, 0.2) is 30.9 Å². The van der Waals surface area contributed by atoms with Crippen LogP contribution in [0.2, 0.25) is 0 Å². The van der Waals surface area contributed by atoms with E-state index in [2.05, 4.69) is 18.5 Å². The predicted molar refractivity (Wildman–Crippen MR) is 68.6 cm³/mol. The van der Waals surface area contributed by atoms with E-state index in [-0.39, 0.29) is 6.04 Å². The highest BCUT2D eigenvalue weighted by molar-refractivity contribution is 7.71. The lowest BCUT2D eigenvalue weighted by Crippen LogP contribution is -2.01. The van der Waals surface area contributed by atoms with Gasteiger partial charge in [0.2, 0.25) is 0 Å². The monoisotopic (exact) mass is 234 g/mol. The molecule has 0 aliphatic rings. The number of methoxy groups -OCH3 is 1. The molecule has 1 atom stereocenters. The summed E-state index contributed by atoms with van der Waals surface area (Å²) in [6.07, 6.45) is 1.86. The molecule has 0 saturated heterocycles. The zero-order chi connectivity index (χ0) is 11.7. The van der Waals surface area contributed by atoms with Crippen LogP contribution in [0.4, 0.5) is 0 Å². The number of hydrogen-bond acceptors (Lipinski definition) is 2. The minimum atomic E-state index is 0.161. The van der Waals surface area contributed by atoms with Gasteiger partial charge in [0.15, 0.2) is 4.77 Å². The van der Waals surface area contributed by atoms with Crippen LogP contribution in [0, 0.1) is 4.77 Å². The van der Waals surface area contributed by atoms with Crippen LogP contribution in [0.3, 0.4) is 0 Å². The van der Waals surface area contributed by atoms with Crippen LogP contribution in [-0.4, -0.2) is 16.7 Å². The number of rotatable bonds is 3. The minimum Gasteiger partial charge on any atom is -0.497 e. The number of fused-ring (bicyclic) bond motifs is 1. The molecule has 0 spiro atoms. The second kappa shape index (κ2) is 4.14. The van der Waals surface area contributed by atoms with Crippen LogP contribution in [0.25, 0.3) is 11.0 Å². The topological polar surface area (TPSA) is 29.9 Å². The van der Waals surface area contributed by atoms with E-state index in [1.54, 1.807) is 7.11 Å². The summed E-state index contributed by atoms with van der Waals surface area (Å²) in [4.78, 5) is 3.17. The maximum Gasteiger partial charge on any atom is 0.178 e. The Kier molecular flexibility index (Phi) is 2.83. The highest BCUT2D eigenvalue weighted by Gasteiger charge is 2.08. The van der Waals surface area contributed by atoms with Gasteiger partial charge in [0.25, 0.3) is 0 Å². The van der Waals surface area contributed by atoms with Crippen LogP contribution >= 0.6 is 12.2 Å². The van der Waals surface area contributed by atoms with Crippen molar-refractivity contribution in [3.63, 3.8) is 0 Å². The summed E-state index contributed by atoms with van der Waals surface area (Å²) >= 11 is 5.29. The number of hydrogen-bond donors (Lipinski definition) is 1. The van der Waals surface area contributed by atoms with Gasteiger partial charge in [-0.15, -0.1) is 6.58 Å². The first-order valence-corrected chi connectivity index (χ1v) is 5.49. The molecule has 0 bridgehead atoms. The molecule has 1 unspecified atom stereocenters. The van der Waals surface area contributed by atoms with Crippen LogP contribution in [0.1, 0.15) is 13.0 Å². The van der Waals surface area contributed by atoms with Crippen molar-refractivity contribution < 1.29 is 4.74 Å². The van der Waals surface area contributed by atoms with Crippen LogP contribution in [0.5, 0.6) is 5.75 Å². The fourth-order valence-electron chi connectivity index (χ4n) is 1.74. The second-order valence-corrected chi connectivity index (χ2v) is 4.05. The van der Waals surface area contributed by atoms with Crippen LogP contribution in [-0.2, 0) is 0 Å². The summed E-state index contributed by atoms with van der Waals surface area (Å²) < 4.78 is 7.95. The summed E-state index contributed by atoms with van der Waals surface area (Å²) in [7, 11) is 1.66. The number of allylic oxidation sites excluding steroid dienone is 1. The van der Waals surface area contributed by atoms with E-state index in [4.69, 9.17) is 17.0 Å². The Labute approximate surface area is 99.4 Å². The molecule has 3 nitrogen and oxygen atoms in total. The third-order valence-electron chi connectivity index (χ3n) is 2.67. The molecular weight excluding hydrogens is 220 g/mol. The molecule has 1 N–H and O–H groups in total. The van der Waals surface area contributed by atoms with Gasteiger partial charge in [-0.2, -0.15) is 0 Å². The molecule has 0 aliphatic carbocycles. The number of H-pyrrole nitrogens is 1. The summed E-state index contributed by atoms with van der Waals surface area (Å²) in [6, 6.07) is 6.02. The Morgan fingerprint density at radius 3 is 2.94 bits per heavy atom. The lowest BCUT2D eigenvalue weighted by Gasteiger charge is -2.09. The maximum absolute atomic E-state index is 5.29. The minimum absolute atomic E-state index is 0.161. The highest BCUT2D eigenvalue weighted by Crippen LogP contribution is 2.23. The molecule has 84 valence electrons. The standard InChI is InChI=1S/C12H14N2OS/c1-4-8(2)14-11-7-9(15-3)5-6-10(11)13-12(14)16/h4-8H,1H2,2-3H3,(H,13,16). The van der Waals surface area contributed by atoms with Crippen molar-refractivity contribution in [2.75, 3.05) is 7.11 Å². The Morgan fingerprint density at radius 2 is 2.31 bits per heavy atom. The van der Waals surface area contributed by atoms with Crippen molar-refractivity contribution in [1.29, 1.82) is 0 Å². The normalized spacial score (nSPS) is 12.6. The van der Waals surface area contributed by atoms with Gasteiger partial charge in [-0.05, 0) is 31.3 Å². The van der Waals surface area contributed by atoms with E-state index in [9.17, 15) is 0 Å². The van der Waals surface area contributed by atoms with Gasteiger partial charge in [0.1, 0.15) is 5.75 Å². The number of nitrogens with one attached hydrogen (secondary N) is 1. The van der Waals surface area contributed by atoms with Crippen molar-refractivity contribution in [1.82, 2.24) is 9.55 Å². The largest absolute Gasteiger partial charge is 0.497 e. The van der Waals surface area contributed by atoms with E-state index >= 15 is 0 Å². The average Bonchev–Trinajstić information content (AvgIpc) is 2.63. The van der Waals surface area contributed by atoms with E-state index in [1.807, 2.05) is 28.8 Å². The molecule has 0 radical (unpaired) electrons. The van der Waals surface area contributed by atoms with E-state index in [0.717, 1.165) is 16.8 Å². The van der Waals surface area contributed by atoms with Gasteiger partial charge in [-0.1, -0.05) is 6.08 Å². The number of benzene rings is 1. The summed E-state index contributed by atoms with van der Waals surface area (Å²) in [6.45, 7) is 5.85. The summed E-state index contributed by atoms with van der Waals surface area (Å²) in [5.74, 6) is 0.825. The third-order valence-corrected chi connectivity index (χ3v) is 2.97. The van der Waals surface area contributed by atoms with Crippen molar-refractivity contribution in [2.45, 2.75) is 13.0 Å². The van der Waals surface area contributed by atoms with E-state index < -0.39 is 0 Å². The number of nitrogens with zero attached hydrogens (tertiary/aromatic N) is 1. The van der Waals surface area contributed by atoms with Gasteiger partial charge >= 0.3 is 0 Å². The molecule has 2 aromatic rings. The number of ether oxygens (including phenoxy) is 1. The zero-order valence-corrected chi connectivity index (χ0v) is 10.2. The Morgan fingerprint density at radius 1 is 1.56 bits per heavy atom. The van der Waals surface area contributed by atoms with Crippen molar-refractivity contribution in [3.8, 4) is 5.75 Å². The first-order valence-electron chi connectivity index (χ1n) is 5.08. The summed E-state index contributed by atoms with van der Waals surface area (Å²) in [5, 5.41) is 0. The molecule has 4 heteroatoms. The van der Waals surface area contributed by atoms with E-state index in [1.165, 1.54) is 0 Å². The SMILES string of the molecule is C=CC(C)n1c(=S)[nH]c2ccc(OC)cc21. The quantitative estimate of drug-likeness (QED) is 0.651. The lowest BCUT2D eigenvalue weighted by molar-refractivity contribution is 0.415. The first kappa shape index (κ1) is 11.0. The highest BCUT2D eigenvalue weighted by atomic mass is 32.1. The number of imidazole rings is 1. The molecule has 0 fully saturated rings. The predicted octanol–water partition coefficient (Wildman–Crippen LogP) is 3.45. The van der Waals surface area contributed by atoms with Crippen LogP contribution < -0.4 is 4.74 Å². The van der Waals surface area contributed by atoms with Gasteiger partial charge < -0.3 is 14.3 Å². The van der Waals surface area contributed by atoms with Gasteiger partial charge in [-0.25, -0.2) is 0 Å². The average molecular weight is 234 g/mol. The molecule has 1 aromatic carbocycles. The lowest BCUT2D eigenvalue weighted by atomic mass is 10.2. The smallest absolute Gasteiger partial charge is 0.178 e. The van der Waals surface area contributed by atoms with Crippen molar-refractivity contribution in [3.05, 3.63) is 35.6 Å². The molecule has 2 rings (SSSR count). The van der Waals surface area contributed by atoms with Crippen molar-refractivity contribution >= 4 is 23.3 Å².